The van der Waals surface area contributed by atoms with Crippen LogP contribution in [0.1, 0.15) is 35.6 Å². The fourth-order valence-electron chi connectivity index (χ4n) is 3.20. The highest BCUT2D eigenvalue weighted by Gasteiger charge is 2.15. The minimum absolute atomic E-state index is 0.160. The monoisotopic (exact) mass is 455 g/mol. The molecule has 1 N–H and O–H groups in total. The van der Waals surface area contributed by atoms with Crippen LogP contribution in [0.2, 0.25) is 5.02 Å². The van der Waals surface area contributed by atoms with Gasteiger partial charge in [0.1, 0.15) is 0 Å². The molecule has 0 saturated carbocycles. The molecule has 8 heteroatoms. The van der Waals surface area contributed by atoms with Gasteiger partial charge in [-0.1, -0.05) is 17.7 Å². The zero-order valence-electron chi connectivity index (χ0n) is 18.4. The summed E-state index contributed by atoms with van der Waals surface area (Å²) in [5, 5.41) is 7.65. The van der Waals surface area contributed by atoms with E-state index < -0.39 is 11.3 Å². The lowest BCUT2D eigenvalue weighted by atomic mass is 10.1. The molecule has 1 aromatic heterocycles. The zero-order valence-corrected chi connectivity index (χ0v) is 19.1. The van der Waals surface area contributed by atoms with Crippen LogP contribution in [0.5, 0.6) is 11.5 Å². The van der Waals surface area contributed by atoms with Crippen molar-refractivity contribution in [3.63, 3.8) is 0 Å². The molecule has 1 heterocycles. The number of hydrogen-bond donors (Lipinski definition) is 1. The van der Waals surface area contributed by atoms with Gasteiger partial charge in [0.05, 0.1) is 18.9 Å². The minimum Gasteiger partial charge on any atom is -0.490 e. The second kappa shape index (κ2) is 10.8. The Morgan fingerprint density at radius 1 is 1.03 bits per heavy atom. The van der Waals surface area contributed by atoms with Gasteiger partial charge in [0.2, 0.25) is 5.43 Å². The number of aromatic nitrogens is 2. The number of halogens is 1. The summed E-state index contributed by atoms with van der Waals surface area (Å²) in [6.07, 6.45) is 0.565. The summed E-state index contributed by atoms with van der Waals surface area (Å²) in [5.41, 5.74) is 1.72. The fourth-order valence-corrected chi connectivity index (χ4v) is 3.33. The zero-order chi connectivity index (χ0) is 23.1. The van der Waals surface area contributed by atoms with Crippen LogP contribution in [-0.2, 0) is 6.42 Å². The van der Waals surface area contributed by atoms with Crippen molar-refractivity contribution < 1.29 is 14.3 Å². The van der Waals surface area contributed by atoms with Crippen molar-refractivity contribution in [2.24, 2.45) is 0 Å². The Morgan fingerprint density at radius 2 is 1.72 bits per heavy atom. The summed E-state index contributed by atoms with van der Waals surface area (Å²) in [6, 6.07) is 14.1. The van der Waals surface area contributed by atoms with Crippen molar-refractivity contribution in [2.45, 2.75) is 27.2 Å². The number of carbonyl (C=O) groups excluding carboxylic acids is 1. The first-order valence-corrected chi connectivity index (χ1v) is 10.8. The first-order chi connectivity index (χ1) is 15.4. The van der Waals surface area contributed by atoms with Gasteiger partial charge in [0.15, 0.2) is 17.2 Å². The highest BCUT2D eigenvalue weighted by molar-refractivity contribution is 6.30. The molecule has 32 heavy (non-hydrogen) atoms. The lowest BCUT2D eigenvalue weighted by molar-refractivity contribution is 0.0946. The van der Waals surface area contributed by atoms with Crippen LogP contribution in [0.25, 0.3) is 5.69 Å². The van der Waals surface area contributed by atoms with Crippen LogP contribution in [0.4, 0.5) is 0 Å². The SMILES string of the molecule is CCOc1ccc(CCNC(=O)c2nn(-c3ccc(Cl)cc3)c(C)cc2=O)cc1OCC. The number of aryl methyl sites for hydroxylation is 1. The third-order valence-electron chi connectivity index (χ3n) is 4.70. The van der Waals surface area contributed by atoms with Crippen molar-refractivity contribution in [2.75, 3.05) is 19.8 Å². The highest BCUT2D eigenvalue weighted by Crippen LogP contribution is 2.28. The fraction of sp³-hybridized carbons (Fsp3) is 0.292. The van der Waals surface area contributed by atoms with Gasteiger partial charge in [0.25, 0.3) is 5.91 Å². The molecule has 1 amide bonds. The lowest BCUT2D eigenvalue weighted by Crippen LogP contribution is -2.33. The first-order valence-electron chi connectivity index (χ1n) is 10.5. The number of carbonyl (C=O) groups is 1. The molecule has 0 aliphatic carbocycles. The van der Waals surface area contributed by atoms with Gasteiger partial charge in [-0.05, 0) is 69.2 Å². The van der Waals surface area contributed by atoms with E-state index in [4.69, 9.17) is 21.1 Å². The Bertz CT molecular complexity index is 1140. The van der Waals surface area contributed by atoms with E-state index in [1.807, 2.05) is 32.0 Å². The van der Waals surface area contributed by atoms with Crippen molar-refractivity contribution >= 4 is 17.5 Å². The summed E-state index contributed by atoms with van der Waals surface area (Å²) in [5.74, 6) is 0.839. The number of amides is 1. The smallest absolute Gasteiger partial charge is 0.275 e. The summed E-state index contributed by atoms with van der Waals surface area (Å²) >= 11 is 5.95. The standard InChI is InChI=1S/C24H26ClN3O4/c1-4-31-21-11-6-17(15-22(21)32-5-2)12-13-26-24(30)23-20(29)14-16(3)28(27-23)19-9-7-18(25)8-10-19/h6-11,14-15H,4-5,12-13H2,1-3H3,(H,26,30). The molecular weight excluding hydrogens is 430 g/mol. The average Bonchev–Trinajstić information content (AvgIpc) is 2.76. The molecule has 2 aromatic carbocycles. The number of rotatable bonds is 9. The predicted octanol–water partition coefficient (Wildman–Crippen LogP) is 3.96. The summed E-state index contributed by atoms with van der Waals surface area (Å²) in [7, 11) is 0. The van der Waals surface area contributed by atoms with E-state index in [1.54, 1.807) is 35.9 Å². The second-order valence-electron chi connectivity index (χ2n) is 7.04. The quantitative estimate of drug-likeness (QED) is 0.528. The topological polar surface area (TPSA) is 82.5 Å². The maximum absolute atomic E-state index is 12.7. The molecule has 0 aliphatic heterocycles. The number of benzene rings is 2. The Morgan fingerprint density at radius 3 is 2.41 bits per heavy atom. The largest absolute Gasteiger partial charge is 0.490 e. The van der Waals surface area contributed by atoms with E-state index in [0.29, 0.717) is 54.1 Å². The number of ether oxygens (including phenoxy) is 2. The maximum atomic E-state index is 12.7. The predicted molar refractivity (Wildman–Crippen MR) is 124 cm³/mol. The number of nitrogens with one attached hydrogen (secondary N) is 1. The van der Waals surface area contributed by atoms with Gasteiger partial charge in [0, 0.05) is 23.3 Å². The van der Waals surface area contributed by atoms with E-state index in [2.05, 4.69) is 10.4 Å². The Kier molecular flexibility index (Phi) is 7.89. The Hall–Kier alpha value is -3.32. The molecule has 0 saturated heterocycles. The van der Waals surface area contributed by atoms with E-state index in [-0.39, 0.29) is 5.69 Å². The van der Waals surface area contributed by atoms with Crippen molar-refractivity contribution in [1.82, 2.24) is 15.1 Å². The number of hydrogen-bond acceptors (Lipinski definition) is 5. The van der Waals surface area contributed by atoms with E-state index in [1.165, 1.54) is 6.07 Å². The van der Waals surface area contributed by atoms with Crippen LogP contribution in [-0.4, -0.2) is 35.4 Å². The third kappa shape index (κ3) is 5.68. The van der Waals surface area contributed by atoms with Crippen LogP contribution in [0.3, 0.4) is 0 Å². The Labute approximate surface area is 191 Å². The van der Waals surface area contributed by atoms with Gasteiger partial charge in [-0.3, -0.25) is 9.59 Å². The lowest BCUT2D eigenvalue weighted by Gasteiger charge is -2.13. The van der Waals surface area contributed by atoms with Gasteiger partial charge in [-0.2, -0.15) is 5.10 Å². The second-order valence-corrected chi connectivity index (χ2v) is 7.48. The average molecular weight is 456 g/mol. The van der Waals surface area contributed by atoms with Crippen molar-refractivity contribution in [1.29, 1.82) is 0 Å². The summed E-state index contributed by atoms with van der Waals surface area (Å²) in [6.45, 7) is 7.00. The van der Waals surface area contributed by atoms with Gasteiger partial charge < -0.3 is 14.8 Å². The summed E-state index contributed by atoms with van der Waals surface area (Å²) in [4.78, 5) is 25.0. The van der Waals surface area contributed by atoms with Crippen LogP contribution < -0.4 is 20.2 Å². The molecule has 3 aromatic rings. The minimum atomic E-state index is -0.520. The first kappa shape index (κ1) is 23.3. The van der Waals surface area contributed by atoms with E-state index >= 15 is 0 Å². The molecule has 0 unspecified atom stereocenters. The van der Waals surface area contributed by atoms with E-state index in [9.17, 15) is 9.59 Å². The highest BCUT2D eigenvalue weighted by atomic mass is 35.5. The Balaban J connectivity index is 1.71. The molecule has 0 radical (unpaired) electrons. The van der Waals surface area contributed by atoms with Gasteiger partial charge in [-0.15, -0.1) is 0 Å². The molecule has 0 aliphatic rings. The molecule has 0 atom stereocenters. The normalized spacial score (nSPS) is 10.6. The maximum Gasteiger partial charge on any atom is 0.275 e. The molecule has 0 fully saturated rings. The number of nitrogens with zero attached hydrogens (tertiary/aromatic N) is 2. The van der Waals surface area contributed by atoms with Gasteiger partial charge in [-0.25, -0.2) is 4.68 Å². The van der Waals surface area contributed by atoms with Crippen LogP contribution >= 0.6 is 11.6 Å². The van der Waals surface area contributed by atoms with Crippen molar-refractivity contribution in [3.05, 3.63) is 80.7 Å². The molecule has 3 rings (SSSR count). The molecule has 0 bridgehead atoms. The van der Waals surface area contributed by atoms with Crippen molar-refractivity contribution in [3.8, 4) is 17.2 Å². The summed E-state index contributed by atoms with van der Waals surface area (Å²) < 4.78 is 12.8. The van der Waals surface area contributed by atoms with Crippen LogP contribution in [0, 0.1) is 6.92 Å². The molecular formula is C24H26ClN3O4. The molecule has 168 valence electrons. The molecule has 7 nitrogen and oxygen atoms in total. The third-order valence-corrected chi connectivity index (χ3v) is 4.95. The molecule has 0 spiro atoms. The van der Waals surface area contributed by atoms with Gasteiger partial charge >= 0.3 is 0 Å². The van der Waals surface area contributed by atoms with Crippen LogP contribution in [0.15, 0.2) is 53.3 Å². The van der Waals surface area contributed by atoms with E-state index in [0.717, 1.165) is 5.56 Å².